The van der Waals surface area contributed by atoms with Crippen LogP contribution in [0.2, 0.25) is 0 Å². The number of thiazole rings is 1. The molecule has 0 bridgehead atoms. The Bertz CT molecular complexity index is 709. The third-order valence-electron chi connectivity index (χ3n) is 3.78. The summed E-state index contributed by atoms with van der Waals surface area (Å²) in [5.41, 5.74) is 5.00. The molecule has 0 unspecified atom stereocenters. The first-order chi connectivity index (χ1) is 10.2. The van der Waals surface area contributed by atoms with Gasteiger partial charge in [-0.2, -0.15) is 0 Å². The number of nitrogens with one attached hydrogen (secondary N) is 1. The van der Waals surface area contributed by atoms with Crippen molar-refractivity contribution in [3.8, 4) is 0 Å². The maximum absolute atomic E-state index is 4.55. The van der Waals surface area contributed by atoms with E-state index in [2.05, 4.69) is 57.9 Å². The van der Waals surface area contributed by atoms with Crippen LogP contribution in [0.15, 0.2) is 41.0 Å². The number of benzene rings is 1. The first-order valence-corrected chi connectivity index (χ1v) is 8.63. The third kappa shape index (κ3) is 2.97. The molecule has 4 heteroatoms. The van der Waals surface area contributed by atoms with Crippen molar-refractivity contribution in [1.82, 2.24) is 4.98 Å². The molecule has 0 aliphatic heterocycles. The van der Waals surface area contributed by atoms with Crippen molar-refractivity contribution in [1.29, 1.82) is 0 Å². The fourth-order valence-corrected chi connectivity index (χ4v) is 3.45. The van der Waals surface area contributed by atoms with E-state index in [4.69, 9.17) is 0 Å². The Kier molecular flexibility index (Phi) is 4.27. The maximum atomic E-state index is 4.55. The summed E-state index contributed by atoms with van der Waals surface area (Å²) in [6.45, 7) is 5.94. The fourth-order valence-electron chi connectivity index (χ4n) is 2.27. The Morgan fingerprint density at radius 2 is 2.24 bits per heavy atom. The lowest BCUT2D eigenvalue weighted by Gasteiger charge is -2.23. The Labute approximate surface area is 137 Å². The summed E-state index contributed by atoms with van der Waals surface area (Å²) in [5, 5.41) is 4.66. The molecule has 21 heavy (non-hydrogen) atoms. The van der Waals surface area contributed by atoms with Gasteiger partial charge in [0.05, 0.1) is 5.70 Å². The minimum atomic E-state index is 1.05. The molecule has 2 aromatic rings. The molecule has 1 aliphatic carbocycles. The van der Waals surface area contributed by atoms with Gasteiger partial charge in [-0.1, -0.05) is 34.7 Å². The van der Waals surface area contributed by atoms with E-state index in [0.717, 1.165) is 20.0 Å². The molecule has 108 valence electrons. The monoisotopic (exact) mass is 360 g/mol. The Morgan fingerprint density at radius 1 is 1.43 bits per heavy atom. The zero-order valence-electron chi connectivity index (χ0n) is 11.9. The van der Waals surface area contributed by atoms with Crippen molar-refractivity contribution in [2.75, 3.05) is 5.32 Å². The quantitative estimate of drug-likeness (QED) is 0.737. The molecule has 0 spiro atoms. The molecule has 1 aliphatic rings. The number of anilines is 1. The number of rotatable bonds is 4. The van der Waals surface area contributed by atoms with Crippen LogP contribution < -0.4 is 5.32 Å². The normalized spacial score (nSPS) is 13.7. The van der Waals surface area contributed by atoms with Gasteiger partial charge in [-0.05, 0) is 49.5 Å². The summed E-state index contributed by atoms with van der Waals surface area (Å²) in [7, 11) is 0. The highest BCUT2D eigenvalue weighted by molar-refractivity contribution is 9.10. The lowest BCUT2D eigenvalue weighted by atomic mass is 9.90. The zero-order chi connectivity index (χ0) is 14.8. The van der Waals surface area contributed by atoms with Crippen molar-refractivity contribution in [3.05, 3.63) is 56.5 Å². The van der Waals surface area contributed by atoms with Crippen LogP contribution in [0.1, 0.15) is 34.7 Å². The summed E-state index contributed by atoms with van der Waals surface area (Å²) in [6, 6.07) is 6.23. The molecule has 2 nitrogen and oxygen atoms in total. The predicted molar refractivity (Wildman–Crippen MR) is 95.5 cm³/mol. The van der Waals surface area contributed by atoms with Crippen molar-refractivity contribution in [2.24, 2.45) is 0 Å². The molecular formula is C17H17BrN2S. The maximum Gasteiger partial charge on any atom is 0.140 e. The molecule has 0 atom stereocenters. The van der Waals surface area contributed by atoms with Crippen LogP contribution in [0.4, 0.5) is 5.69 Å². The molecule has 3 rings (SSSR count). The van der Waals surface area contributed by atoms with Crippen LogP contribution in [0.25, 0.3) is 11.8 Å². The molecule has 1 fully saturated rings. The molecule has 1 heterocycles. The Hall–Kier alpha value is -1.39. The molecule has 1 aromatic carbocycles. The van der Waals surface area contributed by atoms with Crippen LogP contribution in [0.5, 0.6) is 0 Å². The Balaban J connectivity index is 1.98. The summed E-state index contributed by atoms with van der Waals surface area (Å²) in [5.74, 6) is 0. The van der Waals surface area contributed by atoms with Crippen molar-refractivity contribution in [2.45, 2.75) is 26.2 Å². The van der Waals surface area contributed by atoms with Crippen LogP contribution in [0.3, 0.4) is 0 Å². The lowest BCUT2D eigenvalue weighted by molar-refractivity contribution is 0.665. The van der Waals surface area contributed by atoms with E-state index in [1.165, 1.54) is 36.1 Å². The molecule has 1 aromatic heterocycles. The summed E-state index contributed by atoms with van der Waals surface area (Å²) >= 11 is 5.28. The first-order valence-electron chi connectivity index (χ1n) is 7.02. The van der Waals surface area contributed by atoms with E-state index in [9.17, 15) is 0 Å². The van der Waals surface area contributed by atoms with Gasteiger partial charge in [0.1, 0.15) is 5.01 Å². The highest BCUT2D eigenvalue weighted by atomic mass is 79.9. The second-order valence-electron chi connectivity index (χ2n) is 5.14. The zero-order valence-corrected chi connectivity index (χ0v) is 14.4. The average molecular weight is 361 g/mol. The van der Waals surface area contributed by atoms with Gasteiger partial charge < -0.3 is 5.32 Å². The van der Waals surface area contributed by atoms with Gasteiger partial charge in [-0.15, -0.1) is 11.3 Å². The van der Waals surface area contributed by atoms with E-state index in [-0.39, 0.29) is 0 Å². The van der Waals surface area contributed by atoms with Gasteiger partial charge in [0.25, 0.3) is 0 Å². The SMILES string of the molecule is C=Cc1cnc(C(Nc2cccc(Br)c2C)=C2CCC2)s1. The van der Waals surface area contributed by atoms with Crippen LogP contribution in [-0.2, 0) is 0 Å². The van der Waals surface area contributed by atoms with E-state index < -0.39 is 0 Å². The van der Waals surface area contributed by atoms with Gasteiger partial charge in [-0.25, -0.2) is 4.98 Å². The standard InChI is InChI=1S/C17H17BrN2S/c1-3-13-10-19-17(21-13)16(12-6-4-7-12)20-15-9-5-8-14(18)11(15)2/h3,5,8-10,20H,1,4,6-7H2,2H3. The van der Waals surface area contributed by atoms with Gasteiger partial charge in [0.2, 0.25) is 0 Å². The predicted octanol–water partition coefficient (Wildman–Crippen LogP) is 5.86. The van der Waals surface area contributed by atoms with E-state index >= 15 is 0 Å². The molecule has 1 N–H and O–H groups in total. The highest BCUT2D eigenvalue weighted by Crippen LogP contribution is 2.37. The second kappa shape index (κ2) is 6.16. The smallest absolute Gasteiger partial charge is 0.140 e. The van der Waals surface area contributed by atoms with E-state index in [1.54, 1.807) is 11.3 Å². The van der Waals surface area contributed by atoms with Crippen LogP contribution >= 0.6 is 27.3 Å². The summed E-state index contributed by atoms with van der Waals surface area (Å²) in [4.78, 5) is 5.66. The van der Waals surface area contributed by atoms with Crippen molar-refractivity contribution >= 4 is 44.7 Å². The second-order valence-corrected chi connectivity index (χ2v) is 7.06. The fraction of sp³-hybridized carbons (Fsp3) is 0.235. The van der Waals surface area contributed by atoms with E-state index in [0.29, 0.717) is 0 Å². The van der Waals surface area contributed by atoms with Crippen molar-refractivity contribution in [3.63, 3.8) is 0 Å². The number of hydrogen-bond donors (Lipinski definition) is 1. The van der Waals surface area contributed by atoms with Crippen LogP contribution in [0, 0.1) is 6.92 Å². The van der Waals surface area contributed by atoms with E-state index in [1.807, 2.05) is 12.3 Å². The molecule has 0 radical (unpaired) electrons. The highest BCUT2D eigenvalue weighted by Gasteiger charge is 2.19. The molecule has 0 saturated heterocycles. The minimum Gasteiger partial charge on any atom is -0.353 e. The lowest BCUT2D eigenvalue weighted by Crippen LogP contribution is -2.09. The summed E-state index contributed by atoms with van der Waals surface area (Å²) in [6.07, 6.45) is 7.35. The molecule has 1 saturated carbocycles. The minimum absolute atomic E-state index is 1.05. The number of nitrogens with zero attached hydrogens (tertiary/aromatic N) is 1. The van der Waals surface area contributed by atoms with Crippen LogP contribution in [-0.4, -0.2) is 4.98 Å². The summed E-state index contributed by atoms with van der Waals surface area (Å²) < 4.78 is 1.12. The topological polar surface area (TPSA) is 24.9 Å². The number of allylic oxidation sites excluding steroid dienone is 1. The Morgan fingerprint density at radius 3 is 2.86 bits per heavy atom. The van der Waals surface area contributed by atoms with Crippen molar-refractivity contribution < 1.29 is 0 Å². The largest absolute Gasteiger partial charge is 0.353 e. The van der Waals surface area contributed by atoms with Gasteiger partial charge >= 0.3 is 0 Å². The van der Waals surface area contributed by atoms with Gasteiger partial charge in [-0.3, -0.25) is 0 Å². The average Bonchev–Trinajstić information content (AvgIpc) is 2.89. The third-order valence-corrected chi connectivity index (χ3v) is 5.65. The number of hydrogen-bond acceptors (Lipinski definition) is 3. The molecule has 0 amide bonds. The van der Waals surface area contributed by atoms with Gasteiger partial charge in [0.15, 0.2) is 0 Å². The first kappa shape index (κ1) is 14.5. The number of halogens is 1. The van der Waals surface area contributed by atoms with Gasteiger partial charge in [0, 0.05) is 21.2 Å². The number of aromatic nitrogens is 1. The molecular weight excluding hydrogens is 344 g/mol.